The Hall–Kier alpha value is -1.90. The first-order valence-corrected chi connectivity index (χ1v) is 12.0. The molecule has 0 saturated heterocycles. The van der Waals surface area contributed by atoms with Crippen molar-refractivity contribution in [1.29, 1.82) is 0 Å². The van der Waals surface area contributed by atoms with Gasteiger partial charge in [0.25, 0.3) is 0 Å². The topological polar surface area (TPSA) is 149 Å². The summed E-state index contributed by atoms with van der Waals surface area (Å²) in [4.78, 5) is 39.5. The number of aliphatic carboxylic acids is 4. The minimum Gasteiger partial charge on any atom is -0.481 e. The highest BCUT2D eigenvalue weighted by molar-refractivity contribution is 5.75. The highest BCUT2D eigenvalue weighted by Crippen LogP contribution is 1.99. The molecule has 0 spiro atoms. The molecule has 0 unspecified atom stereocenters. The Morgan fingerprint density at radius 3 is 0.636 bits per heavy atom. The molecule has 0 aromatic carbocycles. The monoisotopic (exact) mass is 496 g/mol. The van der Waals surface area contributed by atoms with Crippen molar-refractivity contribution < 1.29 is 39.6 Å². The van der Waals surface area contributed by atoms with Gasteiger partial charge in [-0.25, -0.2) is 0 Å². The second kappa shape index (κ2) is 37.4. The maximum atomic E-state index is 9.87. The minimum absolute atomic E-state index is 0. The molecule has 200 valence electrons. The van der Waals surface area contributed by atoms with Crippen LogP contribution in [0.2, 0.25) is 0 Å². The number of hydrogen-bond acceptors (Lipinski definition) is 4. The molecule has 9 heteroatoms. The van der Waals surface area contributed by atoms with Crippen LogP contribution in [0.3, 0.4) is 0 Å². The van der Waals surface area contributed by atoms with Gasteiger partial charge in [-0.2, -0.15) is 0 Å². The molecule has 0 fully saturated rings. The van der Waals surface area contributed by atoms with Crippen LogP contribution in [0.25, 0.3) is 0 Å². The fourth-order valence-corrected chi connectivity index (χ4v) is 2.10. The van der Waals surface area contributed by atoms with Crippen molar-refractivity contribution >= 4 is 34.8 Å². The molecular weight excluding hydrogens is 444 g/mol. The van der Waals surface area contributed by atoms with Crippen molar-refractivity contribution in [3.63, 3.8) is 0 Å². The fraction of sp³-hybridized carbons (Fsp3) is 0.833. The predicted molar refractivity (Wildman–Crippen MR) is 138 cm³/mol. The van der Waals surface area contributed by atoms with Gasteiger partial charge in [0.1, 0.15) is 0 Å². The quantitative estimate of drug-likeness (QED) is 0.169. The molecule has 0 atom stereocenters. The fourth-order valence-electron chi connectivity index (χ4n) is 2.10. The first kappa shape index (κ1) is 41.4. The Bertz CT molecular complexity index is 362. The number of carboxylic acids is 4. The standard InChI is InChI=1S/4C6H12O2.H4Si/c4*1-2-3-4-5-6(7)8;/h4*2-5H2,1H3,(H,7,8);1H4. The summed E-state index contributed by atoms with van der Waals surface area (Å²) >= 11 is 0. The molecule has 0 rings (SSSR count). The first-order chi connectivity index (χ1) is 15.1. The SMILES string of the molecule is CCCCCC(=O)O.CCCCCC(=O)O.CCCCCC(=O)O.CCCCCC(=O)O.[SiH4]. The van der Waals surface area contributed by atoms with Crippen LogP contribution in [-0.4, -0.2) is 55.3 Å². The van der Waals surface area contributed by atoms with Crippen molar-refractivity contribution in [1.82, 2.24) is 0 Å². The highest BCUT2D eigenvalue weighted by atomic mass is 28.1. The third-order valence-corrected chi connectivity index (χ3v) is 3.98. The Labute approximate surface area is 205 Å². The maximum Gasteiger partial charge on any atom is 0.303 e. The molecular formula is C24H52O8Si. The molecule has 0 aromatic rings. The van der Waals surface area contributed by atoms with Gasteiger partial charge in [-0.1, -0.05) is 79.1 Å². The van der Waals surface area contributed by atoms with Crippen LogP contribution in [-0.2, 0) is 19.2 Å². The molecule has 0 saturated carbocycles. The van der Waals surface area contributed by atoms with Gasteiger partial charge in [-0.05, 0) is 36.6 Å². The molecule has 0 heterocycles. The van der Waals surface area contributed by atoms with Crippen molar-refractivity contribution in [2.24, 2.45) is 0 Å². The second-order valence-corrected chi connectivity index (χ2v) is 7.40. The predicted octanol–water partition coefficient (Wildman–Crippen LogP) is 5.15. The van der Waals surface area contributed by atoms with Gasteiger partial charge < -0.3 is 20.4 Å². The lowest BCUT2D eigenvalue weighted by Crippen LogP contribution is -1.92. The molecule has 33 heavy (non-hydrogen) atoms. The number of carboxylic acid groups (broad SMARTS) is 4. The van der Waals surface area contributed by atoms with Crippen molar-refractivity contribution in [2.45, 2.75) is 130 Å². The van der Waals surface area contributed by atoms with E-state index in [2.05, 4.69) is 27.7 Å². The average Bonchev–Trinajstić information content (AvgIpc) is 2.69. The van der Waals surface area contributed by atoms with E-state index in [1.54, 1.807) is 0 Å². The smallest absolute Gasteiger partial charge is 0.303 e. The molecule has 0 aliphatic carbocycles. The lowest BCUT2D eigenvalue weighted by molar-refractivity contribution is -0.138. The van der Waals surface area contributed by atoms with Gasteiger partial charge in [0.05, 0.1) is 0 Å². The summed E-state index contributed by atoms with van der Waals surface area (Å²) in [7, 11) is 0. The molecule has 0 aromatic heterocycles. The Kier molecular flexibility index (Phi) is 46.9. The summed E-state index contributed by atoms with van der Waals surface area (Å²) in [6.07, 6.45) is 13.1. The van der Waals surface area contributed by atoms with E-state index in [0.29, 0.717) is 25.7 Å². The molecule has 0 amide bonds. The minimum atomic E-state index is -0.682. The van der Waals surface area contributed by atoms with E-state index in [1.807, 2.05) is 0 Å². The van der Waals surface area contributed by atoms with Crippen LogP contribution in [0.4, 0.5) is 0 Å². The zero-order valence-electron chi connectivity index (χ0n) is 20.7. The van der Waals surface area contributed by atoms with E-state index < -0.39 is 23.9 Å². The lowest BCUT2D eigenvalue weighted by Gasteiger charge is -1.89. The van der Waals surface area contributed by atoms with Crippen LogP contribution in [0.15, 0.2) is 0 Å². The van der Waals surface area contributed by atoms with E-state index >= 15 is 0 Å². The van der Waals surface area contributed by atoms with Crippen molar-refractivity contribution in [3.05, 3.63) is 0 Å². The van der Waals surface area contributed by atoms with Gasteiger partial charge in [-0.15, -0.1) is 0 Å². The number of hydrogen-bond donors (Lipinski definition) is 4. The zero-order valence-corrected chi connectivity index (χ0v) is 20.7. The first-order valence-electron chi connectivity index (χ1n) is 12.0. The highest BCUT2D eigenvalue weighted by Gasteiger charge is 1.94. The van der Waals surface area contributed by atoms with E-state index in [1.165, 1.54) is 0 Å². The summed E-state index contributed by atoms with van der Waals surface area (Å²) in [5.74, 6) is -2.73. The summed E-state index contributed by atoms with van der Waals surface area (Å²) in [6.45, 7) is 8.23. The Morgan fingerprint density at radius 2 is 0.545 bits per heavy atom. The number of unbranched alkanes of at least 4 members (excludes halogenated alkanes) is 8. The lowest BCUT2D eigenvalue weighted by atomic mass is 10.2. The van der Waals surface area contributed by atoms with E-state index in [9.17, 15) is 19.2 Å². The van der Waals surface area contributed by atoms with Gasteiger partial charge in [-0.3, -0.25) is 19.2 Å². The van der Waals surface area contributed by atoms with Gasteiger partial charge in [0.2, 0.25) is 0 Å². The molecule has 8 nitrogen and oxygen atoms in total. The van der Waals surface area contributed by atoms with Crippen molar-refractivity contribution in [3.8, 4) is 0 Å². The molecule has 0 radical (unpaired) electrons. The Balaban J connectivity index is -0.000000105. The van der Waals surface area contributed by atoms with Crippen LogP contribution < -0.4 is 0 Å². The maximum absolute atomic E-state index is 9.87. The average molecular weight is 497 g/mol. The molecule has 4 N–H and O–H groups in total. The van der Waals surface area contributed by atoms with E-state index in [-0.39, 0.29) is 11.0 Å². The van der Waals surface area contributed by atoms with Gasteiger partial charge in [0.15, 0.2) is 0 Å². The van der Waals surface area contributed by atoms with Crippen LogP contribution in [0.5, 0.6) is 0 Å². The van der Waals surface area contributed by atoms with Crippen LogP contribution >= 0.6 is 0 Å². The number of rotatable bonds is 16. The van der Waals surface area contributed by atoms with Crippen LogP contribution in [0, 0.1) is 0 Å². The van der Waals surface area contributed by atoms with Gasteiger partial charge in [0, 0.05) is 25.7 Å². The molecule has 0 aliphatic rings. The summed E-state index contributed by atoms with van der Waals surface area (Å²) in [6, 6.07) is 0. The van der Waals surface area contributed by atoms with Gasteiger partial charge >= 0.3 is 23.9 Å². The zero-order chi connectivity index (χ0) is 25.6. The molecule has 0 aliphatic heterocycles. The summed E-state index contributed by atoms with van der Waals surface area (Å²) in [5.41, 5.74) is 0. The summed E-state index contributed by atoms with van der Waals surface area (Å²) in [5, 5.41) is 32.6. The van der Waals surface area contributed by atoms with E-state index in [4.69, 9.17) is 20.4 Å². The van der Waals surface area contributed by atoms with Crippen molar-refractivity contribution in [2.75, 3.05) is 0 Å². The van der Waals surface area contributed by atoms with Crippen LogP contribution in [0.1, 0.15) is 130 Å². The summed E-state index contributed by atoms with van der Waals surface area (Å²) < 4.78 is 0. The molecule has 0 bridgehead atoms. The Morgan fingerprint density at radius 1 is 0.394 bits per heavy atom. The largest absolute Gasteiger partial charge is 0.481 e. The van der Waals surface area contributed by atoms with E-state index in [0.717, 1.165) is 77.0 Å². The third kappa shape index (κ3) is 72.5. The third-order valence-electron chi connectivity index (χ3n) is 3.98. The second-order valence-electron chi connectivity index (χ2n) is 7.40. The number of carbonyl (C=O) groups is 4. The normalized spacial score (nSPS) is 8.85.